The molecule has 2 aliphatic carbocycles. The maximum absolute atomic E-state index is 14.0. The highest BCUT2D eigenvalue weighted by Gasteiger charge is 2.60. The Kier molecular flexibility index (Phi) is 5.30. The van der Waals surface area contributed by atoms with E-state index in [1.54, 1.807) is 19.2 Å². The number of hydrogen-bond acceptors (Lipinski definition) is 4. The minimum atomic E-state index is -4.83. The van der Waals surface area contributed by atoms with Gasteiger partial charge in [0.25, 0.3) is 5.92 Å². The van der Waals surface area contributed by atoms with E-state index in [-0.39, 0.29) is 11.6 Å². The third kappa shape index (κ3) is 3.89. The van der Waals surface area contributed by atoms with Gasteiger partial charge in [0, 0.05) is 19.7 Å². The lowest BCUT2D eigenvalue weighted by Crippen LogP contribution is -2.37. The zero-order valence-electron chi connectivity index (χ0n) is 18.1. The van der Waals surface area contributed by atoms with E-state index in [2.05, 4.69) is 10.2 Å². The van der Waals surface area contributed by atoms with E-state index in [9.17, 15) is 26.3 Å². The number of hydrogen-bond donors (Lipinski definition) is 0. The lowest BCUT2D eigenvalue weighted by molar-refractivity contribution is -0.138. The van der Waals surface area contributed by atoms with Gasteiger partial charge in [-0.3, -0.25) is 4.40 Å². The van der Waals surface area contributed by atoms with Crippen LogP contribution in [0, 0.1) is 5.82 Å². The van der Waals surface area contributed by atoms with Crippen molar-refractivity contribution in [3.8, 4) is 5.75 Å². The fraction of sp³-hybridized carbons (Fsp3) is 0.478. The molecule has 0 spiro atoms. The fourth-order valence-corrected chi connectivity index (χ4v) is 4.77. The first-order valence-electron chi connectivity index (χ1n) is 10.8. The predicted octanol–water partition coefficient (Wildman–Crippen LogP) is 5.87. The second-order valence-electron chi connectivity index (χ2n) is 8.84. The number of ether oxygens (including phenoxy) is 2. The summed E-state index contributed by atoms with van der Waals surface area (Å²) in [7, 11) is 1.55. The summed E-state index contributed by atoms with van der Waals surface area (Å²) in [6, 6.07) is 7.09. The molecule has 11 heteroatoms. The van der Waals surface area contributed by atoms with Crippen LogP contribution >= 0.6 is 0 Å². The number of halogens is 6. The van der Waals surface area contributed by atoms with E-state index in [0.29, 0.717) is 25.7 Å². The number of fused-ring (bicyclic) bond motifs is 1. The smallest absolute Gasteiger partial charge is 0.423 e. The molecule has 2 aliphatic rings. The van der Waals surface area contributed by atoms with Gasteiger partial charge >= 0.3 is 6.18 Å². The number of pyridine rings is 1. The van der Waals surface area contributed by atoms with E-state index in [1.165, 1.54) is 18.3 Å². The van der Waals surface area contributed by atoms with E-state index < -0.39 is 53.1 Å². The van der Waals surface area contributed by atoms with Crippen LogP contribution in [-0.2, 0) is 16.5 Å². The summed E-state index contributed by atoms with van der Waals surface area (Å²) in [6.45, 7) is 0. The van der Waals surface area contributed by atoms with Gasteiger partial charge in [0.2, 0.25) is 0 Å². The van der Waals surface area contributed by atoms with Crippen molar-refractivity contribution < 1.29 is 35.8 Å². The quantitative estimate of drug-likeness (QED) is 0.424. The van der Waals surface area contributed by atoms with Crippen LogP contribution in [0.3, 0.4) is 0 Å². The molecule has 182 valence electrons. The highest BCUT2D eigenvalue weighted by molar-refractivity contribution is 5.57. The SMILES string of the molecule is COC1(c2ccc(F)cc2)CCC(Oc2ccn3c([C@@H]4CC4(F)F)nnc3c2C(F)(F)F)CC1. The first kappa shape index (κ1) is 22.9. The lowest BCUT2D eigenvalue weighted by atomic mass is 9.78. The minimum Gasteiger partial charge on any atom is -0.490 e. The van der Waals surface area contributed by atoms with E-state index >= 15 is 0 Å². The molecular formula is C23H21F6N3O2. The molecule has 1 atom stereocenters. The van der Waals surface area contributed by atoms with E-state index in [0.717, 1.165) is 16.0 Å². The van der Waals surface area contributed by atoms with Crippen molar-refractivity contribution >= 4 is 5.65 Å². The van der Waals surface area contributed by atoms with Crippen LogP contribution in [-0.4, -0.2) is 33.7 Å². The number of benzene rings is 1. The number of aromatic nitrogens is 3. The largest absolute Gasteiger partial charge is 0.490 e. The maximum Gasteiger partial charge on any atom is 0.423 e. The maximum atomic E-state index is 14.0. The van der Waals surface area contributed by atoms with Crippen molar-refractivity contribution in [2.45, 2.75) is 61.8 Å². The van der Waals surface area contributed by atoms with Gasteiger partial charge in [0.1, 0.15) is 23.0 Å². The molecule has 0 aliphatic heterocycles. The van der Waals surface area contributed by atoms with Gasteiger partial charge in [-0.1, -0.05) is 12.1 Å². The van der Waals surface area contributed by atoms with Gasteiger partial charge < -0.3 is 9.47 Å². The van der Waals surface area contributed by atoms with Gasteiger partial charge in [-0.15, -0.1) is 10.2 Å². The van der Waals surface area contributed by atoms with Gasteiger partial charge in [0.15, 0.2) is 5.65 Å². The minimum absolute atomic E-state index is 0.195. The van der Waals surface area contributed by atoms with Gasteiger partial charge in [-0.05, 0) is 49.4 Å². The van der Waals surface area contributed by atoms with Crippen molar-refractivity contribution in [2.24, 2.45) is 0 Å². The van der Waals surface area contributed by atoms with Gasteiger partial charge in [-0.2, -0.15) is 13.2 Å². The Balaban J connectivity index is 1.39. The Morgan fingerprint density at radius 1 is 1.03 bits per heavy atom. The average molecular weight is 485 g/mol. The molecule has 1 aromatic carbocycles. The molecule has 2 fully saturated rings. The monoisotopic (exact) mass is 485 g/mol. The molecule has 2 heterocycles. The summed E-state index contributed by atoms with van der Waals surface area (Å²) in [5.74, 6) is -5.22. The molecule has 2 saturated carbocycles. The standard InChI is InChI=1S/C23H21F6N3O2/c1-33-21(13-2-4-14(24)5-3-13)9-6-15(7-10-21)34-17-8-11-32-19(16-12-22(16,25)26)30-31-20(32)18(17)23(27,28)29/h2-5,8,11,15-16H,6-7,9-10,12H2,1H3/t15?,16-,21?/m0/s1. The second kappa shape index (κ2) is 7.86. The summed E-state index contributed by atoms with van der Waals surface area (Å²) in [4.78, 5) is 0. The molecular weight excluding hydrogens is 464 g/mol. The normalized spacial score (nSPS) is 26.6. The predicted molar refractivity (Wildman–Crippen MR) is 108 cm³/mol. The molecule has 5 nitrogen and oxygen atoms in total. The van der Waals surface area contributed by atoms with Crippen molar-refractivity contribution in [1.29, 1.82) is 0 Å². The summed E-state index contributed by atoms with van der Waals surface area (Å²) in [5.41, 5.74) is -1.59. The first-order chi connectivity index (χ1) is 16.0. The molecule has 0 unspecified atom stereocenters. The molecule has 0 saturated heterocycles. The van der Waals surface area contributed by atoms with Crippen LogP contribution in [0.5, 0.6) is 5.75 Å². The summed E-state index contributed by atoms with van der Waals surface area (Å²) in [5, 5.41) is 7.20. The van der Waals surface area contributed by atoms with Crippen molar-refractivity contribution in [3.63, 3.8) is 0 Å². The van der Waals surface area contributed by atoms with Crippen LogP contribution in [0.4, 0.5) is 26.3 Å². The Bertz CT molecular complexity index is 1200. The zero-order valence-corrected chi connectivity index (χ0v) is 18.1. The van der Waals surface area contributed by atoms with E-state index in [1.807, 2.05) is 0 Å². The van der Waals surface area contributed by atoms with Gasteiger partial charge in [-0.25, -0.2) is 13.2 Å². The molecule has 0 amide bonds. The molecule has 0 radical (unpaired) electrons. The molecule has 3 aromatic rings. The van der Waals surface area contributed by atoms with Crippen LogP contribution < -0.4 is 4.74 Å². The number of rotatable bonds is 5. The van der Waals surface area contributed by atoms with Crippen molar-refractivity contribution in [1.82, 2.24) is 14.6 Å². The Morgan fingerprint density at radius 2 is 1.68 bits per heavy atom. The Morgan fingerprint density at radius 3 is 2.24 bits per heavy atom. The van der Waals surface area contributed by atoms with Crippen molar-refractivity contribution in [2.75, 3.05) is 7.11 Å². The first-order valence-corrected chi connectivity index (χ1v) is 10.8. The summed E-state index contributed by atoms with van der Waals surface area (Å²) < 4.78 is 94.7. The van der Waals surface area contributed by atoms with Gasteiger partial charge in [0.05, 0.1) is 17.6 Å². The topological polar surface area (TPSA) is 48.7 Å². The highest BCUT2D eigenvalue weighted by atomic mass is 19.4. The van der Waals surface area contributed by atoms with Crippen LogP contribution in [0.25, 0.3) is 5.65 Å². The molecule has 0 N–H and O–H groups in total. The zero-order chi connectivity index (χ0) is 24.3. The molecule has 2 aromatic heterocycles. The van der Waals surface area contributed by atoms with E-state index in [4.69, 9.17) is 9.47 Å². The lowest BCUT2D eigenvalue weighted by Gasteiger charge is -2.39. The summed E-state index contributed by atoms with van der Waals surface area (Å²) >= 11 is 0. The Hall–Kier alpha value is -2.82. The van der Waals surface area contributed by atoms with Crippen molar-refractivity contribution in [3.05, 3.63) is 59.3 Å². The Labute approximate surface area is 190 Å². The van der Waals surface area contributed by atoms with Crippen LogP contribution in [0.15, 0.2) is 36.5 Å². The number of methoxy groups -OCH3 is 1. The molecule has 0 bridgehead atoms. The highest BCUT2D eigenvalue weighted by Crippen LogP contribution is 2.55. The second-order valence-corrected chi connectivity index (χ2v) is 8.84. The average Bonchev–Trinajstić information content (AvgIpc) is 3.22. The number of alkyl halides is 5. The molecule has 5 rings (SSSR count). The third-order valence-electron chi connectivity index (χ3n) is 6.78. The fourth-order valence-electron chi connectivity index (χ4n) is 4.77. The van der Waals surface area contributed by atoms with Crippen LogP contribution in [0.2, 0.25) is 0 Å². The van der Waals surface area contributed by atoms with Crippen LogP contribution in [0.1, 0.15) is 55.0 Å². The number of nitrogens with zero attached hydrogens (tertiary/aromatic N) is 3. The third-order valence-corrected chi connectivity index (χ3v) is 6.78. The summed E-state index contributed by atoms with van der Waals surface area (Å²) in [6.07, 6.45) is -2.84. The molecule has 34 heavy (non-hydrogen) atoms.